The minimum absolute atomic E-state index is 0.125. The van der Waals surface area contributed by atoms with Crippen molar-refractivity contribution in [3.05, 3.63) is 64.3 Å². The van der Waals surface area contributed by atoms with E-state index < -0.39 is 6.10 Å². The molecule has 2 unspecified atom stereocenters. The topological polar surface area (TPSA) is 56.3 Å². The summed E-state index contributed by atoms with van der Waals surface area (Å²) in [4.78, 5) is 16.8. The van der Waals surface area contributed by atoms with E-state index in [0.29, 0.717) is 23.6 Å². The molecule has 1 aromatic carbocycles. The van der Waals surface area contributed by atoms with E-state index >= 15 is 0 Å². The van der Waals surface area contributed by atoms with Crippen LogP contribution in [0.25, 0.3) is 0 Å². The maximum absolute atomic E-state index is 13.8. The second-order valence-electron chi connectivity index (χ2n) is 7.38. The van der Waals surface area contributed by atoms with Gasteiger partial charge in [-0.3, -0.25) is 9.69 Å². The van der Waals surface area contributed by atoms with Gasteiger partial charge in [-0.1, -0.05) is 12.1 Å². The third kappa shape index (κ3) is 3.87. The van der Waals surface area contributed by atoms with E-state index in [0.717, 1.165) is 36.4 Å². The molecule has 4 rings (SSSR count). The highest BCUT2D eigenvalue weighted by Gasteiger charge is 2.41. The van der Waals surface area contributed by atoms with Crippen molar-refractivity contribution in [3.63, 3.8) is 0 Å². The number of β-amino-alcohol motifs (C(OH)–C–C–N with tert-alkyl or cyclic N) is 1. The molecule has 138 valence electrons. The molecule has 2 N–H and O–H groups in total. The Kier molecular flexibility index (Phi) is 5.16. The molecule has 0 radical (unpaired) electrons. The van der Waals surface area contributed by atoms with Crippen LogP contribution in [-0.4, -0.2) is 39.9 Å². The number of rotatable bonds is 5. The van der Waals surface area contributed by atoms with Crippen molar-refractivity contribution < 1.29 is 9.50 Å². The first-order chi connectivity index (χ1) is 12.6. The third-order valence-corrected chi connectivity index (χ3v) is 6.84. The summed E-state index contributed by atoms with van der Waals surface area (Å²) in [5.74, 6) is 1.13. The van der Waals surface area contributed by atoms with Crippen LogP contribution < -0.4 is 5.56 Å². The number of hydrogen-bond acceptors (Lipinski definition) is 4. The van der Waals surface area contributed by atoms with Crippen LogP contribution in [0.5, 0.6) is 0 Å². The van der Waals surface area contributed by atoms with Gasteiger partial charge in [0.25, 0.3) is 0 Å². The van der Waals surface area contributed by atoms with Crippen molar-refractivity contribution in [3.8, 4) is 0 Å². The third-order valence-electron chi connectivity index (χ3n) is 5.54. The van der Waals surface area contributed by atoms with Crippen LogP contribution in [0.3, 0.4) is 0 Å². The average Bonchev–Trinajstić information content (AvgIpc) is 3.15. The molecular formula is C20H23FN2O2S. The zero-order chi connectivity index (χ0) is 18.1. The molecule has 6 heteroatoms. The van der Waals surface area contributed by atoms with Crippen molar-refractivity contribution in [1.82, 2.24) is 9.88 Å². The lowest BCUT2D eigenvalue weighted by Gasteiger charge is -2.22. The predicted octanol–water partition coefficient (Wildman–Crippen LogP) is 3.05. The Morgan fingerprint density at radius 3 is 2.58 bits per heavy atom. The molecule has 1 aliphatic heterocycles. The molecule has 1 saturated carbocycles. The monoisotopic (exact) mass is 374 g/mol. The van der Waals surface area contributed by atoms with Gasteiger partial charge in [0.1, 0.15) is 5.82 Å². The van der Waals surface area contributed by atoms with Crippen molar-refractivity contribution in [1.29, 1.82) is 0 Å². The van der Waals surface area contributed by atoms with E-state index in [1.54, 1.807) is 30.1 Å². The highest BCUT2D eigenvalue weighted by atomic mass is 32.2. The number of nitrogens with zero attached hydrogens (tertiary/aromatic N) is 1. The van der Waals surface area contributed by atoms with Gasteiger partial charge in [0.05, 0.1) is 6.10 Å². The summed E-state index contributed by atoms with van der Waals surface area (Å²) in [5.41, 5.74) is 0.588. The van der Waals surface area contributed by atoms with Gasteiger partial charge in [-0.25, -0.2) is 4.39 Å². The highest BCUT2D eigenvalue weighted by Crippen LogP contribution is 2.45. The van der Waals surface area contributed by atoms with Gasteiger partial charge < -0.3 is 10.1 Å². The average molecular weight is 374 g/mol. The van der Waals surface area contributed by atoms with Crippen molar-refractivity contribution in [2.75, 3.05) is 19.6 Å². The maximum atomic E-state index is 13.8. The quantitative estimate of drug-likeness (QED) is 0.845. The fourth-order valence-electron chi connectivity index (χ4n) is 4.29. The number of pyridine rings is 1. The summed E-state index contributed by atoms with van der Waals surface area (Å²) in [6, 6.07) is 10.1. The van der Waals surface area contributed by atoms with Gasteiger partial charge in [0, 0.05) is 42.0 Å². The number of H-pyrrole nitrogens is 1. The van der Waals surface area contributed by atoms with E-state index in [4.69, 9.17) is 0 Å². The summed E-state index contributed by atoms with van der Waals surface area (Å²) in [5, 5.41) is 10.9. The summed E-state index contributed by atoms with van der Waals surface area (Å²) in [6.07, 6.45) is 3.21. The first-order valence-corrected chi connectivity index (χ1v) is 9.96. The molecule has 1 aromatic heterocycles. The molecule has 0 amide bonds. The Balaban J connectivity index is 1.30. The van der Waals surface area contributed by atoms with E-state index in [9.17, 15) is 14.3 Å². The van der Waals surface area contributed by atoms with Crippen LogP contribution in [0, 0.1) is 17.7 Å². The number of benzene rings is 1. The molecule has 2 aliphatic rings. The molecule has 0 bridgehead atoms. The Morgan fingerprint density at radius 2 is 1.92 bits per heavy atom. The number of aliphatic hydroxyl groups excluding tert-OH is 1. The lowest BCUT2D eigenvalue weighted by Crippen LogP contribution is -2.28. The van der Waals surface area contributed by atoms with Crippen molar-refractivity contribution >= 4 is 11.8 Å². The zero-order valence-corrected chi connectivity index (χ0v) is 15.3. The summed E-state index contributed by atoms with van der Waals surface area (Å²) >= 11 is 1.67. The molecule has 2 heterocycles. The summed E-state index contributed by atoms with van der Waals surface area (Å²) in [7, 11) is 0. The molecule has 26 heavy (non-hydrogen) atoms. The van der Waals surface area contributed by atoms with Gasteiger partial charge in [0.2, 0.25) is 5.56 Å². The van der Waals surface area contributed by atoms with Gasteiger partial charge in [0.15, 0.2) is 0 Å². The number of likely N-dealkylation sites (tertiary alicyclic amines) is 1. The Bertz CT molecular complexity index is 793. The van der Waals surface area contributed by atoms with Crippen molar-refractivity contribution in [2.45, 2.75) is 29.1 Å². The largest absolute Gasteiger partial charge is 0.387 e. The van der Waals surface area contributed by atoms with Gasteiger partial charge >= 0.3 is 0 Å². The molecule has 1 aliphatic carbocycles. The van der Waals surface area contributed by atoms with Crippen LogP contribution >= 0.6 is 11.8 Å². The first kappa shape index (κ1) is 17.8. The predicted molar refractivity (Wildman–Crippen MR) is 101 cm³/mol. The van der Waals surface area contributed by atoms with Crippen LogP contribution in [0.15, 0.2) is 52.3 Å². The smallest absolute Gasteiger partial charge is 0.247 e. The van der Waals surface area contributed by atoms with Gasteiger partial charge in [-0.2, -0.15) is 0 Å². The fourth-order valence-corrected chi connectivity index (χ4v) is 5.67. The van der Waals surface area contributed by atoms with E-state index in [2.05, 4.69) is 9.88 Å². The van der Waals surface area contributed by atoms with E-state index in [1.165, 1.54) is 12.1 Å². The van der Waals surface area contributed by atoms with Gasteiger partial charge in [-0.15, -0.1) is 11.8 Å². The van der Waals surface area contributed by atoms with Crippen LogP contribution in [0.4, 0.5) is 4.39 Å². The lowest BCUT2D eigenvalue weighted by atomic mass is 10.0. The number of hydrogen-bond donors (Lipinski definition) is 2. The first-order valence-electron chi connectivity index (χ1n) is 9.08. The van der Waals surface area contributed by atoms with Crippen molar-refractivity contribution in [2.24, 2.45) is 11.8 Å². The van der Waals surface area contributed by atoms with Crippen LogP contribution in [0.2, 0.25) is 0 Å². The standard InChI is InChI=1S/C20H23FN2O2S/c21-17-3-1-2-4-19(17)26-16-7-14-10-23(11-15(14)8-16)12-18(24)13-5-6-20(25)22-9-13/h1-6,9,14-16,18,24H,7-8,10-12H2,(H,22,25)/t14-,15+,16?,18?. The molecule has 4 atom stereocenters. The number of thioether (sulfide) groups is 1. The molecular weight excluding hydrogens is 351 g/mol. The maximum Gasteiger partial charge on any atom is 0.247 e. The molecule has 2 fully saturated rings. The second kappa shape index (κ2) is 7.55. The normalized spacial score (nSPS) is 26.8. The van der Waals surface area contributed by atoms with Gasteiger partial charge in [-0.05, 0) is 48.4 Å². The summed E-state index contributed by atoms with van der Waals surface area (Å²) in [6.45, 7) is 2.56. The Morgan fingerprint density at radius 1 is 1.19 bits per heavy atom. The molecule has 0 spiro atoms. The number of aliphatic hydroxyl groups is 1. The summed E-state index contributed by atoms with van der Waals surface area (Å²) < 4.78 is 13.8. The Hall–Kier alpha value is -1.63. The highest BCUT2D eigenvalue weighted by molar-refractivity contribution is 8.00. The minimum Gasteiger partial charge on any atom is -0.387 e. The number of nitrogens with one attached hydrogen (secondary N) is 1. The fraction of sp³-hybridized carbons (Fsp3) is 0.450. The van der Waals surface area contributed by atoms with Crippen LogP contribution in [-0.2, 0) is 0 Å². The molecule has 4 nitrogen and oxygen atoms in total. The van der Waals surface area contributed by atoms with E-state index in [1.807, 2.05) is 12.1 Å². The number of halogens is 1. The lowest BCUT2D eigenvalue weighted by molar-refractivity contribution is 0.121. The SMILES string of the molecule is O=c1ccc(C(O)CN2C[C@H]3CC(Sc4ccccc4F)C[C@H]3C2)c[nH]1. The number of aromatic nitrogens is 1. The zero-order valence-electron chi connectivity index (χ0n) is 14.5. The van der Waals surface area contributed by atoms with E-state index in [-0.39, 0.29) is 11.4 Å². The molecule has 2 aromatic rings. The van der Waals surface area contributed by atoms with Crippen LogP contribution in [0.1, 0.15) is 24.5 Å². The second-order valence-corrected chi connectivity index (χ2v) is 8.72. The molecule has 1 saturated heterocycles. The number of fused-ring (bicyclic) bond motifs is 1. The number of aromatic amines is 1. The Labute approximate surface area is 156 Å². The minimum atomic E-state index is -0.589.